The Labute approximate surface area is 108 Å². The quantitative estimate of drug-likeness (QED) is 0.942. The molecule has 1 aromatic heterocycles. The molecule has 4 heteroatoms. The zero-order chi connectivity index (χ0) is 11.5. The lowest BCUT2D eigenvalue weighted by atomic mass is 10.1. The van der Waals surface area contributed by atoms with E-state index in [4.69, 9.17) is 5.73 Å². The van der Waals surface area contributed by atoms with Gasteiger partial charge in [0.05, 0.1) is 5.01 Å². The first-order valence-electron chi connectivity index (χ1n) is 5.08. The Balaban J connectivity index is 2.14. The van der Waals surface area contributed by atoms with Crippen LogP contribution in [0, 0.1) is 6.92 Å². The molecule has 1 atom stereocenters. The summed E-state index contributed by atoms with van der Waals surface area (Å²) >= 11 is 5.19. The van der Waals surface area contributed by atoms with E-state index in [1.807, 2.05) is 25.1 Å². The number of rotatable bonds is 3. The van der Waals surface area contributed by atoms with Crippen molar-refractivity contribution in [2.75, 3.05) is 0 Å². The zero-order valence-electron chi connectivity index (χ0n) is 8.98. The van der Waals surface area contributed by atoms with Gasteiger partial charge in [0.2, 0.25) is 0 Å². The zero-order valence-corrected chi connectivity index (χ0v) is 11.4. The molecule has 0 radical (unpaired) electrons. The average molecular weight is 297 g/mol. The molecule has 2 aromatic rings. The lowest BCUT2D eigenvalue weighted by molar-refractivity contribution is 0.713. The maximum Gasteiger partial charge on any atom is 0.0947 e. The molecule has 2 N–H and O–H groups in total. The third-order valence-electron chi connectivity index (χ3n) is 2.37. The second-order valence-electron chi connectivity index (χ2n) is 3.71. The van der Waals surface area contributed by atoms with Gasteiger partial charge in [-0.3, -0.25) is 0 Å². The van der Waals surface area contributed by atoms with Crippen LogP contribution in [0.15, 0.2) is 34.1 Å². The molecule has 1 aromatic carbocycles. The van der Waals surface area contributed by atoms with Crippen LogP contribution in [-0.4, -0.2) is 4.98 Å². The second kappa shape index (κ2) is 5.08. The van der Waals surface area contributed by atoms with Crippen LogP contribution in [-0.2, 0) is 6.42 Å². The van der Waals surface area contributed by atoms with Crippen LogP contribution in [0.1, 0.15) is 22.3 Å². The van der Waals surface area contributed by atoms with E-state index >= 15 is 0 Å². The van der Waals surface area contributed by atoms with Crippen molar-refractivity contribution in [2.24, 2.45) is 5.73 Å². The van der Waals surface area contributed by atoms with E-state index in [-0.39, 0.29) is 6.04 Å². The van der Waals surface area contributed by atoms with Gasteiger partial charge < -0.3 is 5.73 Å². The van der Waals surface area contributed by atoms with Crippen LogP contribution < -0.4 is 5.73 Å². The largest absolute Gasteiger partial charge is 0.324 e. The summed E-state index contributed by atoms with van der Waals surface area (Å²) in [6.45, 7) is 2.00. The van der Waals surface area contributed by atoms with Crippen molar-refractivity contribution in [1.29, 1.82) is 0 Å². The molecule has 0 amide bonds. The van der Waals surface area contributed by atoms with Crippen LogP contribution in [0.25, 0.3) is 0 Å². The molecule has 1 heterocycles. The summed E-state index contributed by atoms with van der Waals surface area (Å²) in [5.41, 5.74) is 8.38. The highest BCUT2D eigenvalue weighted by atomic mass is 79.9. The van der Waals surface area contributed by atoms with E-state index in [2.05, 4.69) is 32.4 Å². The predicted molar refractivity (Wildman–Crippen MR) is 71.6 cm³/mol. The number of aryl methyl sites for hydroxylation is 1. The van der Waals surface area contributed by atoms with Crippen molar-refractivity contribution in [2.45, 2.75) is 19.4 Å². The Kier molecular flexibility index (Phi) is 3.74. The predicted octanol–water partition coefficient (Wildman–Crippen LogP) is 3.46. The highest BCUT2D eigenvalue weighted by Crippen LogP contribution is 2.25. The lowest BCUT2D eigenvalue weighted by Gasteiger charge is -2.11. The Bertz CT molecular complexity index is 481. The maximum atomic E-state index is 6.17. The monoisotopic (exact) mass is 296 g/mol. The molecule has 0 aliphatic heterocycles. The van der Waals surface area contributed by atoms with Crippen molar-refractivity contribution in [3.63, 3.8) is 0 Å². The SMILES string of the molecule is Cc1csc(CC(N)c2ccccc2Br)n1. The van der Waals surface area contributed by atoms with Gasteiger partial charge in [0, 0.05) is 28.0 Å². The molecule has 0 spiro atoms. The molecule has 0 aliphatic rings. The molecule has 0 saturated heterocycles. The van der Waals surface area contributed by atoms with Crippen molar-refractivity contribution >= 4 is 27.3 Å². The molecule has 0 saturated carbocycles. The van der Waals surface area contributed by atoms with Gasteiger partial charge in [-0.15, -0.1) is 11.3 Å². The van der Waals surface area contributed by atoms with Gasteiger partial charge in [-0.1, -0.05) is 34.1 Å². The third-order valence-corrected chi connectivity index (χ3v) is 4.08. The van der Waals surface area contributed by atoms with Crippen LogP contribution >= 0.6 is 27.3 Å². The standard InChI is InChI=1S/C12H13BrN2S/c1-8-7-16-12(15-8)6-11(14)9-4-2-3-5-10(9)13/h2-5,7,11H,6,14H2,1H3. The number of hydrogen-bond acceptors (Lipinski definition) is 3. The summed E-state index contributed by atoms with van der Waals surface area (Å²) in [4.78, 5) is 4.43. The molecule has 16 heavy (non-hydrogen) atoms. The lowest BCUT2D eigenvalue weighted by Crippen LogP contribution is -2.13. The number of hydrogen-bond donors (Lipinski definition) is 1. The summed E-state index contributed by atoms with van der Waals surface area (Å²) in [7, 11) is 0. The number of nitrogens with two attached hydrogens (primary N) is 1. The summed E-state index contributed by atoms with van der Waals surface area (Å²) < 4.78 is 1.07. The van der Waals surface area contributed by atoms with Gasteiger partial charge in [-0.05, 0) is 18.6 Å². The molecule has 1 unspecified atom stereocenters. The topological polar surface area (TPSA) is 38.9 Å². The minimum Gasteiger partial charge on any atom is -0.324 e. The Morgan fingerprint density at radius 1 is 1.44 bits per heavy atom. The van der Waals surface area contributed by atoms with Crippen molar-refractivity contribution in [3.8, 4) is 0 Å². The Morgan fingerprint density at radius 3 is 2.81 bits per heavy atom. The minimum absolute atomic E-state index is 0.00104. The molecule has 0 aliphatic carbocycles. The molecule has 2 rings (SSSR count). The Hall–Kier alpha value is -0.710. The van der Waals surface area contributed by atoms with Crippen molar-refractivity contribution in [3.05, 3.63) is 50.4 Å². The van der Waals surface area contributed by atoms with Crippen LogP contribution in [0.4, 0.5) is 0 Å². The summed E-state index contributed by atoms with van der Waals surface area (Å²) in [5, 5.41) is 3.16. The van der Waals surface area contributed by atoms with Crippen molar-refractivity contribution in [1.82, 2.24) is 4.98 Å². The number of nitrogens with zero attached hydrogens (tertiary/aromatic N) is 1. The molecule has 0 fully saturated rings. The highest BCUT2D eigenvalue weighted by molar-refractivity contribution is 9.10. The normalized spacial score (nSPS) is 12.7. The first-order valence-corrected chi connectivity index (χ1v) is 6.75. The van der Waals surface area contributed by atoms with E-state index in [9.17, 15) is 0 Å². The van der Waals surface area contributed by atoms with E-state index in [0.29, 0.717) is 0 Å². The van der Waals surface area contributed by atoms with Crippen LogP contribution in [0.5, 0.6) is 0 Å². The summed E-state index contributed by atoms with van der Waals surface area (Å²) in [5.74, 6) is 0. The van der Waals surface area contributed by atoms with E-state index in [1.165, 1.54) is 0 Å². The molecule has 2 nitrogen and oxygen atoms in total. The van der Waals surface area contributed by atoms with Crippen LogP contribution in [0.2, 0.25) is 0 Å². The van der Waals surface area contributed by atoms with Gasteiger partial charge in [0.15, 0.2) is 0 Å². The van der Waals surface area contributed by atoms with E-state index < -0.39 is 0 Å². The summed E-state index contributed by atoms with van der Waals surface area (Å²) in [6.07, 6.45) is 0.793. The molecular weight excluding hydrogens is 284 g/mol. The van der Waals surface area contributed by atoms with Gasteiger partial charge in [0.1, 0.15) is 0 Å². The Morgan fingerprint density at radius 2 is 2.19 bits per heavy atom. The van der Waals surface area contributed by atoms with Gasteiger partial charge >= 0.3 is 0 Å². The number of halogens is 1. The third kappa shape index (κ3) is 2.70. The first-order chi connectivity index (χ1) is 7.66. The van der Waals surface area contributed by atoms with Crippen molar-refractivity contribution < 1.29 is 0 Å². The number of thiazole rings is 1. The van der Waals surface area contributed by atoms with Gasteiger partial charge in [-0.2, -0.15) is 0 Å². The smallest absolute Gasteiger partial charge is 0.0947 e. The fourth-order valence-electron chi connectivity index (χ4n) is 1.57. The fourth-order valence-corrected chi connectivity index (χ4v) is 2.98. The number of benzene rings is 1. The molecule has 84 valence electrons. The van der Waals surface area contributed by atoms with E-state index in [0.717, 1.165) is 27.2 Å². The number of aromatic nitrogens is 1. The highest BCUT2D eigenvalue weighted by Gasteiger charge is 2.11. The van der Waals surface area contributed by atoms with Gasteiger partial charge in [0.25, 0.3) is 0 Å². The first kappa shape index (κ1) is 11.8. The molecule has 0 bridgehead atoms. The van der Waals surface area contributed by atoms with Gasteiger partial charge in [-0.25, -0.2) is 4.98 Å². The average Bonchev–Trinajstić information content (AvgIpc) is 2.64. The fraction of sp³-hybridized carbons (Fsp3) is 0.250. The second-order valence-corrected chi connectivity index (χ2v) is 5.51. The molecular formula is C12H13BrN2S. The van der Waals surface area contributed by atoms with E-state index in [1.54, 1.807) is 11.3 Å². The van der Waals surface area contributed by atoms with Crippen LogP contribution in [0.3, 0.4) is 0 Å². The maximum absolute atomic E-state index is 6.17. The summed E-state index contributed by atoms with van der Waals surface area (Å²) in [6, 6.07) is 8.07. The minimum atomic E-state index is 0.00104.